The molecule has 160 valence electrons. The molecule has 1 N–H and O–H groups in total. The normalized spacial score (nSPS) is 15.0. The Morgan fingerprint density at radius 2 is 1.75 bits per heavy atom. The third kappa shape index (κ3) is 3.67. The number of carbonyl (C=O) groups is 1. The fourth-order valence-corrected chi connectivity index (χ4v) is 4.60. The van der Waals surface area contributed by atoms with Gasteiger partial charge < -0.3 is 14.8 Å². The van der Waals surface area contributed by atoms with Crippen molar-refractivity contribution in [2.24, 2.45) is 0 Å². The molecular formula is C27H24ClN3O. The van der Waals surface area contributed by atoms with Crippen molar-refractivity contribution in [1.82, 2.24) is 9.47 Å². The molecule has 0 radical (unpaired) electrons. The average Bonchev–Trinajstić information content (AvgIpc) is 3.21. The lowest BCUT2D eigenvalue weighted by molar-refractivity contribution is 0.194. The molecule has 5 heteroatoms. The number of benzene rings is 3. The van der Waals surface area contributed by atoms with Crippen molar-refractivity contribution in [3.63, 3.8) is 0 Å². The van der Waals surface area contributed by atoms with Gasteiger partial charge in [0, 0.05) is 22.6 Å². The van der Waals surface area contributed by atoms with Gasteiger partial charge in [-0.2, -0.15) is 0 Å². The summed E-state index contributed by atoms with van der Waals surface area (Å²) in [6, 6.07) is 25.8. The first kappa shape index (κ1) is 20.4. The van der Waals surface area contributed by atoms with Crippen LogP contribution in [0.4, 0.5) is 10.5 Å². The second-order valence-corrected chi connectivity index (χ2v) is 8.70. The van der Waals surface area contributed by atoms with Crippen molar-refractivity contribution in [3.05, 3.63) is 118 Å². The first-order chi connectivity index (χ1) is 15.5. The van der Waals surface area contributed by atoms with Crippen LogP contribution < -0.4 is 5.32 Å². The number of amides is 2. The van der Waals surface area contributed by atoms with Crippen LogP contribution in [-0.4, -0.2) is 15.5 Å². The third-order valence-corrected chi connectivity index (χ3v) is 6.29. The molecule has 1 unspecified atom stereocenters. The van der Waals surface area contributed by atoms with Crippen LogP contribution in [0.2, 0.25) is 5.02 Å². The maximum absolute atomic E-state index is 13.7. The average molecular weight is 442 g/mol. The SMILES string of the molecule is Cc1ccc(NC(=O)N2Cc3ccccc3-n3cccc3C2c2ccc(Cl)cc2)c(C)c1. The summed E-state index contributed by atoms with van der Waals surface area (Å²) in [4.78, 5) is 15.6. The summed E-state index contributed by atoms with van der Waals surface area (Å²) in [6.07, 6.45) is 2.06. The molecule has 0 saturated carbocycles. The summed E-state index contributed by atoms with van der Waals surface area (Å²) < 4.78 is 2.18. The molecule has 0 aliphatic carbocycles. The standard InChI is InChI=1S/C27H24ClN3O/c1-18-9-14-23(19(2)16-18)29-27(32)31-17-21-6-3-4-7-24(21)30-15-5-8-25(30)26(31)20-10-12-22(28)13-11-20/h3-16,26H,17H2,1-2H3,(H,29,32). The van der Waals surface area contributed by atoms with Crippen LogP contribution in [0, 0.1) is 13.8 Å². The molecule has 1 aliphatic rings. The molecule has 1 atom stereocenters. The number of aryl methyl sites for hydroxylation is 2. The smallest absolute Gasteiger partial charge is 0.318 e. The summed E-state index contributed by atoms with van der Waals surface area (Å²) in [7, 11) is 0. The lowest BCUT2D eigenvalue weighted by Gasteiger charge is -2.31. The first-order valence-electron chi connectivity index (χ1n) is 10.7. The van der Waals surface area contributed by atoms with Gasteiger partial charge in [-0.05, 0) is 66.9 Å². The minimum absolute atomic E-state index is 0.138. The zero-order valence-corrected chi connectivity index (χ0v) is 18.8. The fraction of sp³-hybridized carbons (Fsp3) is 0.148. The van der Waals surface area contributed by atoms with Crippen LogP contribution in [0.3, 0.4) is 0 Å². The van der Waals surface area contributed by atoms with E-state index >= 15 is 0 Å². The maximum Gasteiger partial charge on any atom is 0.322 e. The predicted molar refractivity (Wildman–Crippen MR) is 130 cm³/mol. The molecule has 2 amide bonds. The molecule has 0 spiro atoms. The topological polar surface area (TPSA) is 37.3 Å². The zero-order chi connectivity index (χ0) is 22.2. The van der Waals surface area contributed by atoms with Gasteiger partial charge in [0.2, 0.25) is 0 Å². The number of nitrogens with zero attached hydrogens (tertiary/aromatic N) is 2. The number of rotatable bonds is 2. The van der Waals surface area contributed by atoms with Gasteiger partial charge in [0.15, 0.2) is 0 Å². The van der Waals surface area contributed by atoms with Crippen molar-refractivity contribution in [2.45, 2.75) is 26.4 Å². The highest BCUT2D eigenvalue weighted by Gasteiger charge is 2.33. The van der Waals surface area contributed by atoms with Crippen molar-refractivity contribution < 1.29 is 4.79 Å². The number of carbonyl (C=O) groups excluding carboxylic acids is 1. The second kappa shape index (κ2) is 8.21. The van der Waals surface area contributed by atoms with E-state index in [0.29, 0.717) is 11.6 Å². The van der Waals surface area contributed by atoms with Crippen LogP contribution in [0.15, 0.2) is 85.1 Å². The third-order valence-electron chi connectivity index (χ3n) is 6.03. The Bertz CT molecular complexity index is 1290. The van der Waals surface area contributed by atoms with E-state index in [2.05, 4.69) is 47.3 Å². The molecule has 4 aromatic rings. The minimum Gasteiger partial charge on any atom is -0.318 e. The van der Waals surface area contributed by atoms with Crippen LogP contribution in [-0.2, 0) is 6.54 Å². The Morgan fingerprint density at radius 1 is 0.969 bits per heavy atom. The highest BCUT2D eigenvalue weighted by molar-refractivity contribution is 6.30. The summed E-state index contributed by atoms with van der Waals surface area (Å²) in [6.45, 7) is 4.55. The molecule has 2 heterocycles. The first-order valence-corrected chi connectivity index (χ1v) is 11.0. The van der Waals surface area contributed by atoms with Crippen LogP contribution in [0.5, 0.6) is 0 Å². The summed E-state index contributed by atoms with van der Waals surface area (Å²) in [5.74, 6) is 0. The van der Waals surface area contributed by atoms with E-state index < -0.39 is 0 Å². The molecule has 0 saturated heterocycles. The second-order valence-electron chi connectivity index (χ2n) is 8.26. The number of halogens is 1. The largest absolute Gasteiger partial charge is 0.322 e. The Kier molecular flexibility index (Phi) is 5.24. The number of para-hydroxylation sites is 1. The molecule has 4 nitrogen and oxygen atoms in total. The predicted octanol–water partition coefficient (Wildman–Crippen LogP) is 6.88. The van der Waals surface area contributed by atoms with E-state index in [9.17, 15) is 4.79 Å². The van der Waals surface area contributed by atoms with Crippen molar-refractivity contribution in [2.75, 3.05) is 5.32 Å². The van der Waals surface area contributed by atoms with Crippen molar-refractivity contribution in [3.8, 4) is 5.69 Å². The number of hydrogen-bond donors (Lipinski definition) is 1. The molecule has 5 rings (SSSR count). The van der Waals surface area contributed by atoms with E-state index in [1.807, 2.05) is 66.4 Å². The molecule has 32 heavy (non-hydrogen) atoms. The van der Waals surface area contributed by atoms with Crippen molar-refractivity contribution in [1.29, 1.82) is 0 Å². The van der Waals surface area contributed by atoms with E-state index in [0.717, 1.165) is 33.8 Å². The van der Waals surface area contributed by atoms with Crippen LogP contribution >= 0.6 is 11.6 Å². The van der Waals surface area contributed by atoms with Gasteiger partial charge in [-0.15, -0.1) is 0 Å². The summed E-state index contributed by atoms with van der Waals surface area (Å²) in [5, 5.41) is 3.82. The van der Waals surface area contributed by atoms with Gasteiger partial charge in [-0.3, -0.25) is 0 Å². The van der Waals surface area contributed by atoms with E-state index in [1.165, 1.54) is 5.56 Å². The molecule has 3 aromatic carbocycles. The van der Waals surface area contributed by atoms with Gasteiger partial charge >= 0.3 is 6.03 Å². The number of anilines is 1. The van der Waals surface area contributed by atoms with Crippen LogP contribution in [0.25, 0.3) is 5.69 Å². The molecule has 1 aliphatic heterocycles. The highest BCUT2D eigenvalue weighted by atomic mass is 35.5. The van der Waals surface area contributed by atoms with Crippen molar-refractivity contribution >= 4 is 23.3 Å². The van der Waals surface area contributed by atoms with Gasteiger partial charge in [0.05, 0.1) is 18.3 Å². The highest BCUT2D eigenvalue weighted by Crippen LogP contribution is 2.37. The molecular weight excluding hydrogens is 418 g/mol. The van der Waals surface area contributed by atoms with Gasteiger partial charge in [0.25, 0.3) is 0 Å². The Labute approximate surface area is 193 Å². The zero-order valence-electron chi connectivity index (χ0n) is 18.0. The molecule has 0 fully saturated rings. The number of hydrogen-bond acceptors (Lipinski definition) is 1. The van der Waals surface area contributed by atoms with Crippen LogP contribution in [0.1, 0.15) is 34.0 Å². The quantitative estimate of drug-likeness (QED) is 0.361. The van der Waals surface area contributed by atoms with E-state index in [4.69, 9.17) is 11.6 Å². The Balaban J connectivity index is 1.62. The minimum atomic E-state index is -0.263. The maximum atomic E-state index is 13.7. The van der Waals surface area contributed by atoms with Gasteiger partial charge in [0.1, 0.15) is 0 Å². The number of nitrogens with one attached hydrogen (secondary N) is 1. The lowest BCUT2D eigenvalue weighted by Crippen LogP contribution is -2.38. The van der Waals surface area contributed by atoms with E-state index in [-0.39, 0.29) is 12.1 Å². The Morgan fingerprint density at radius 3 is 2.53 bits per heavy atom. The summed E-state index contributed by atoms with van der Waals surface area (Å²) >= 11 is 6.17. The summed E-state index contributed by atoms with van der Waals surface area (Å²) in [5.41, 5.74) is 7.26. The van der Waals surface area contributed by atoms with Gasteiger partial charge in [-0.25, -0.2) is 4.79 Å². The molecule has 0 bridgehead atoms. The fourth-order valence-electron chi connectivity index (χ4n) is 4.48. The number of urea groups is 1. The van der Waals surface area contributed by atoms with Gasteiger partial charge in [-0.1, -0.05) is 59.6 Å². The Hall–Kier alpha value is -3.50. The molecule has 1 aromatic heterocycles. The number of fused-ring (bicyclic) bond motifs is 3. The lowest BCUT2D eigenvalue weighted by atomic mass is 10.0. The van der Waals surface area contributed by atoms with E-state index in [1.54, 1.807) is 0 Å². The monoisotopic (exact) mass is 441 g/mol. The number of aromatic nitrogens is 1.